The molecule has 0 amide bonds. The first-order valence-corrected chi connectivity index (χ1v) is 20.3. The zero-order valence-electron chi connectivity index (χ0n) is 33.2. The lowest BCUT2D eigenvalue weighted by Gasteiger charge is -2.31. The summed E-state index contributed by atoms with van der Waals surface area (Å²) in [6.07, 6.45) is 7.22. The van der Waals surface area contributed by atoms with E-state index >= 15 is 0 Å². The average molecular weight is 793 g/mol. The van der Waals surface area contributed by atoms with Gasteiger partial charge in [0.1, 0.15) is 23.1 Å². The molecule has 8 rings (SSSR count). The van der Waals surface area contributed by atoms with Gasteiger partial charge in [-0.15, -0.1) is 0 Å². The number of aromatic nitrogens is 3. The van der Waals surface area contributed by atoms with Crippen molar-refractivity contribution in [2.75, 3.05) is 39.3 Å². The van der Waals surface area contributed by atoms with Crippen molar-refractivity contribution in [3.05, 3.63) is 128 Å². The van der Waals surface area contributed by atoms with Crippen molar-refractivity contribution in [3.8, 4) is 6.07 Å². The summed E-state index contributed by atoms with van der Waals surface area (Å²) in [5.74, 6) is 0.400. The van der Waals surface area contributed by atoms with Crippen LogP contribution in [0.4, 0.5) is 8.78 Å². The van der Waals surface area contributed by atoms with E-state index in [1.165, 1.54) is 24.3 Å². The number of hydrogen-bond acceptors (Lipinski definition) is 10. The van der Waals surface area contributed by atoms with E-state index in [1.54, 1.807) is 31.2 Å². The number of piperidine rings is 1. The molecule has 1 fully saturated rings. The fourth-order valence-electron chi connectivity index (χ4n) is 8.57. The third-order valence-corrected chi connectivity index (χ3v) is 11.6. The Morgan fingerprint density at radius 2 is 1.84 bits per heavy atom. The summed E-state index contributed by atoms with van der Waals surface area (Å²) in [6.45, 7) is 8.88. The summed E-state index contributed by atoms with van der Waals surface area (Å²) < 4.78 is 45.2. The molecule has 1 atom stereocenters. The van der Waals surface area contributed by atoms with Gasteiger partial charge in [0.05, 0.1) is 37.1 Å². The van der Waals surface area contributed by atoms with Gasteiger partial charge >= 0.3 is 5.97 Å². The molecule has 3 aromatic carbocycles. The average Bonchev–Trinajstić information content (AvgIpc) is 3.83. The molecule has 0 bridgehead atoms. The zero-order valence-corrected chi connectivity index (χ0v) is 33.2. The summed E-state index contributed by atoms with van der Waals surface area (Å²) >= 11 is 0. The largest absolute Gasteiger partial charge is 0.465 e. The molecule has 0 saturated carbocycles. The third-order valence-electron chi connectivity index (χ3n) is 11.6. The summed E-state index contributed by atoms with van der Waals surface area (Å²) in [7, 11) is 0. The number of nitriles is 1. The molecule has 1 saturated heterocycles. The highest BCUT2D eigenvalue weighted by Crippen LogP contribution is 2.45. The maximum atomic E-state index is 13.5. The molecule has 5 heterocycles. The van der Waals surface area contributed by atoms with Gasteiger partial charge in [0.15, 0.2) is 5.58 Å². The molecule has 11 nitrogen and oxygen atoms in total. The number of nitrogens with zero attached hydrogens (tertiary/aromatic N) is 5. The van der Waals surface area contributed by atoms with Crippen LogP contribution in [0.1, 0.15) is 96.4 Å². The van der Waals surface area contributed by atoms with Gasteiger partial charge in [0.2, 0.25) is 0 Å². The van der Waals surface area contributed by atoms with Crippen LogP contribution in [0.15, 0.2) is 70.0 Å². The second-order valence-electron chi connectivity index (χ2n) is 15.3. The van der Waals surface area contributed by atoms with Gasteiger partial charge in [0.25, 0.3) is 5.56 Å². The van der Waals surface area contributed by atoms with E-state index in [4.69, 9.17) is 24.2 Å². The molecule has 0 aliphatic carbocycles. The van der Waals surface area contributed by atoms with Crippen molar-refractivity contribution >= 4 is 16.9 Å². The summed E-state index contributed by atoms with van der Waals surface area (Å²) in [6, 6.07) is 18.7. The second kappa shape index (κ2) is 18.5. The van der Waals surface area contributed by atoms with Crippen LogP contribution in [0.2, 0.25) is 0 Å². The molecule has 58 heavy (non-hydrogen) atoms. The van der Waals surface area contributed by atoms with Gasteiger partial charge in [-0.3, -0.25) is 14.2 Å². The SMILES string of the molecule is CCOC(=O)CNCCCC1(c2ccc(F)cc2)OCc2cc(C#N)ccc21.Cc1nc2n(c(=O)c1CCN1CCC(c3noc4cc(F)ccc34)CC1)CCCC2. The van der Waals surface area contributed by atoms with Gasteiger partial charge in [-0.2, -0.15) is 5.26 Å². The first-order valence-electron chi connectivity index (χ1n) is 20.3. The molecular formula is C45H50F2N6O5. The van der Waals surface area contributed by atoms with Crippen molar-refractivity contribution < 1.29 is 27.6 Å². The lowest BCUT2D eigenvalue weighted by molar-refractivity contribution is -0.142. The molecule has 1 N–H and O–H groups in total. The highest BCUT2D eigenvalue weighted by molar-refractivity contribution is 5.80. The lowest BCUT2D eigenvalue weighted by atomic mass is 9.81. The van der Waals surface area contributed by atoms with Crippen LogP contribution in [0.25, 0.3) is 11.0 Å². The lowest BCUT2D eigenvalue weighted by Crippen LogP contribution is -2.37. The zero-order chi connectivity index (χ0) is 40.6. The predicted octanol–water partition coefficient (Wildman–Crippen LogP) is 6.99. The van der Waals surface area contributed by atoms with Crippen LogP contribution >= 0.6 is 0 Å². The molecule has 304 valence electrons. The topological polar surface area (TPSA) is 136 Å². The number of carbonyl (C=O) groups is 1. The third kappa shape index (κ3) is 9.04. The Labute approximate surface area is 336 Å². The molecule has 0 radical (unpaired) electrons. The van der Waals surface area contributed by atoms with Gasteiger partial charge in [-0.05, 0) is 132 Å². The number of carbonyl (C=O) groups excluding carboxylic acids is 1. The van der Waals surface area contributed by atoms with E-state index in [0.29, 0.717) is 43.2 Å². The van der Waals surface area contributed by atoms with Crippen LogP contribution in [-0.4, -0.2) is 64.9 Å². The number of esters is 1. The second-order valence-corrected chi connectivity index (χ2v) is 15.3. The highest BCUT2D eigenvalue weighted by atomic mass is 19.1. The van der Waals surface area contributed by atoms with Crippen molar-refractivity contribution in [2.45, 2.75) is 89.9 Å². The minimum atomic E-state index is -0.692. The maximum absolute atomic E-state index is 13.5. The van der Waals surface area contributed by atoms with E-state index in [-0.39, 0.29) is 29.7 Å². The fraction of sp³-hybridized carbons (Fsp3) is 0.444. The Morgan fingerprint density at radius 3 is 2.62 bits per heavy atom. The van der Waals surface area contributed by atoms with Crippen molar-refractivity contribution in [2.24, 2.45) is 0 Å². The van der Waals surface area contributed by atoms with Crippen LogP contribution in [0.5, 0.6) is 0 Å². The number of nitrogens with one attached hydrogen (secondary N) is 1. The molecular weight excluding hydrogens is 743 g/mol. The summed E-state index contributed by atoms with van der Waals surface area (Å²) in [4.78, 5) is 31.5. The predicted molar refractivity (Wildman–Crippen MR) is 214 cm³/mol. The smallest absolute Gasteiger partial charge is 0.319 e. The van der Waals surface area contributed by atoms with Gasteiger partial charge < -0.3 is 24.2 Å². The Kier molecular flexibility index (Phi) is 13.1. The minimum absolute atomic E-state index is 0.161. The van der Waals surface area contributed by atoms with Crippen LogP contribution < -0.4 is 10.9 Å². The minimum Gasteiger partial charge on any atom is -0.465 e. The van der Waals surface area contributed by atoms with Gasteiger partial charge in [-0.1, -0.05) is 23.4 Å². The highest BCUT2D eigenvalue weighted by Gasteiger charge is 2.41. The Balaban J connectivity index is 0.000000177. The molecule has 2 aromatic heterocycles. The van der Waals surface area contributed by atoms with Crippen LogP contribution in [-0.2, 0) is 45.9 Å². The summed E-state index contributed by atoms with van der Waals surface area (Å²) in [5.41, 5.74) is 6.14. The van der Waals surface area contributed by atoms with Crippen molar-refractivity contribution in [1.82, 2.24) is 24.9 Å². The van der Waals surface area contributed by atoms with Gasteiger partial charge in [-0.25, -0.2) is 13.8 Å². The number of likely N-dealkylation sites (tertiary alicyclic amines) is 1. The Hall–Kier alpha value is -5.29. The van der Waals surface area contributed by atoms with E-state index in [9.17, 15) is 18.4 Å². The van der Waals surface area contributed by atoms with E-state index < -0.39 is 5.60 Å². The van der Waals surface area contributed by atoms with Crippen LogP contribution in [0, 0.1) is 29.9 Å². The summed E-state index contributed by atoms with van der Waals surface area (Å²) in [5, 5.41) is 17.4. The number of ether oxygens (including phenoxy) is 2. The van der Waals surface area contributed by atoms with Gasteiger partial charge in [0, 0.05) is 48.1 Å². The Morgan fingerprint density at radius 1 is 1.05 bits per heavy atom. The number of hydrogen-bond donors (Lipinski definition) is 1. The normalized spacial score (nSPS) is 17.9. The monoisotopic (exact) mass is 792 g/mol. The number of aryl methyl sites for hydroxylation is 2. The number of fused-ring (bicyclic) bond motifs is 3. The standard InChI is InChI=1S/C23H27FN4O2.C22H23FN2O3/c1-15-18(23(29)28-10-3-2-4-21(28)25-15)9-13-27-11-7-16(8-12-27)22-19-6-5-17(24)14-20(19)30-26-22;1-2-27-21(26)14-25-11-3-10-22(18-5-7-19(23)8-6-18)20-9-4-16(13-24)12-17(20)15-28-22/h5-6,14,16H,2-4,7-13H2,1H3;4-9,12,25H,2-3,10-11,14-15H2,1H3. The number of benzene rings is 3. The molecule has 13 heteroatoms. The molecule has 3 aliphatic rings. The molecule has 5 aromatic rings. The van der Waals surface area contributed by atoms with E-state index in [0.717, 1.165) is 116 Å². The first-order chi connectivity index (χ1) is 28.2. The van der Waals surface area contributed by atoms with E-state index in [1.807, 2.05) is 23.6 Å². The molecule has 0 spiro atoms. The number of halogens is 2. The van der Waals surface area contributed by atoms with Crippen LogP contribution in [0.3, 0.4) is 0 Å². The maximum Gasteiger partial charge on any atom is 0.319 e. The number of rotatable bonds is 12. The quantitative estimate of drug-likeness (QED) is 0.104. The van der Waals surface area contributed by atoms with E-state index in [2.05, 4.69) is 21.4 Å². The molecule has 1 unspecified atom stereocenters. The fourth-order valence-corrected chi connectivity index (χ4v) is 8.57. The first kappa shape index (κ1) is 40.9. The van der Waals surface area contributed by atoms with Crippen molar-refractivity contribution in [1.29, 1.82) is 5.26 Å². The molecule has 3 aliphatic heterocycles. The van der Waals surface area contributed by atoms with Crippen molar-refractivity contribution in [3.63, 3.8) is 0 Å². The Bertz CT molecular complexity index is 2330.